The maximum absolute atomic E-state index is 13.0. The van der Waals surface area contributed by atoms with Crippen molar-refractivity contribution in [3.63, 3.8) is 0 Å². The molecule has 5 heteroatoms. The van der Waals surface area contributed by atoms with Crippen LogP contribution >= 0.6 is 0 Å². The Labute approximate surface area is 167 Å². The molecule has 2 fully saturated rings. The Morgan fingerprint density at radius 2 is 1.68 bits per heavy atom. The number of methoxy groups -OCH3 is 1. The number of ether oxygens (including phenoxy) is 1. The molecule has 0 unspecified atom stereocenters. The molecule has 1 atom stereocenters. The van der Waals surface area contributed by atoms with E-state index in [1.807, 2.05) is 41.3 Å². The van der Waals surface area contributed by atoms with Gasteiger partial charge in [0.1, 0.15) is 5.75 Å². The monoisotopic (exact) mass is 379 g/mol. The number of hydrogen-bond acceptors (Lipinski definition) is 4. The fraction of sp³-hybridized carbons (Fsp3) is 0.435. The van der Waals surface area contributed by atoms with Crippen LogP contribution in [0.15, 0.2) is 48.5 Å². The summed E-state index contributed by atoms with van der Waals surface area (Å²) in [7, 11) is 1.67. The Kier molecular flexibility index (Phi) is 5.70. The van der Waals surface area contributed by atoms with Gasteiger partial charge >= 0.3 is 0 Å². The van der Waals surface area contributed by atoms with Gasteiger partial charge in [-0.05, 0) is 74.2 Å². The Balaban J connectivity index is 1.37. The second-order valence-corrected chi connectivity index (χ2v) is 7.70. The van der Waals surface area contributed by atoms with E-state index in [1.54, 1.807) is 7.11 Å². The summed E-state index contributed by atoms with van der Waals surface area (Å²) in [5.74, 6) is 0.984. The number of carbonyl (C=O) groups excluding carboxylic acids is 1. The second-order valence-electron chi connectivity index (χ2n) is 7.70. The Hall–Kier alpha value is -2.69. The van der Waals surface area contributed by atoms with Gasteiger partial charge in [-0.15, -0.1) is 0 Å². The number of nitrogens with one attached hydrogen (secondary N) is 1. The lowest BCUT2D eigenvalue weighted by Gasteiger charge is -2.34. The number of carbonyl (C=O) groups is 1. The summed E-state index contributed by atoms with van der Waals surface area (Å²) in [4.78, 5) is 17.4. The fourth-order valence-electron chi connectivity index (χ4n) is 4.18. The van der Waals surface area contributed by atoms with Gasteiger partial charge in [-0.3, -0.25) is 4.79 Å². The van der Waals surface area contributed by atoms with Crippen molar-refractivity contribution in [2.75, 3.05) is 43.5 Å². The molecule has 148 valence electrons. The molecule has 28 heavy (non-hydrogen) atoms. The maximum Gasteiger partial charge on any atom is 0.253 e. The molecule has 0 spiro atoms. The third kappa shape index (κ3) is 4.24. The normalized spacial score (nSPS) is 19.5. The summed E-state index contributed by atoms with van der Waals surface area (Å²) < 4.78 is 5.21. The van der Waals surface area contributed by atoms with Crippen LogP contribution in [-0.4, -0.2) is 50.1 Å². The Bertz CT molecular complexity index is 782. The number of nitrogens with zero attached hydrogens (tertiary/aromatic N) is 2. The molecule has 5 nitrogen and oxygen atoms in total. The number of amides is 1. The van der Waals surface area contributed by atoms with Crippen molar-refractivity contribution < 1.29 is 9.53 Å². The largest absolute Gasteiger partial charge is 0.497 e. The fourth-order valence-corrected chi connectivity index (χ4v) is 4.18. The van der Waals surface area contributed by atoms with Gasteiger partial charge in [0, 0.05) is 49.2 Å². The van der Waals surface area contributed by atoms with Gasteiger partial charge in [0.15, 0.2) is 0 Å². The molecule has 2 aromatic rings. The molecule has 0 saturated carbocycles. The number of piperidine rings is 1. The van der Waals surface area contributed by atoms with Gasteiger partial charge < -0.3 is 19.9 Å². The van der Waals surface area contributed by atoms with Crippen LogP contribution in [0.25, 0.3) is 0 Å². The van der Waals surface area contributed by atoms with Crippen molar-refractivity contribution in [1.29, 1.82) is 0 Å². The van der Waals surface area contributed by atoms with E-state index in [-0.39, 0.29) is 11.9 Å². The maximum atomic E-state index is 13.0. The van der Waals surface area contributed by atoms with Crippen molar-refractivity contribution >= 4 is 17.3 Å². The van der Waals surface area contributed by atoms with Gasteiger partial charge in [-0.1, -0.05) is 0 Å². The summed E-state index contributed by atoms with van der Waals surface area (Å²) in [6.07, 6.45) is 4.61. The number of benzene rings is 2. The molecular formula is C23H29N3O2. The molecule has 0 bridgehead atoms. The lowest BCUT2D eigenvalue weighted by molar-refractivity contribution is 0.0715. The predicted octanol–water partition coefficient (Wildman–Crippen LogP) is 4.01. The molecule has 4 rings (SSSR count). The van der Waals surface area contributed by atoms with E-state index in [1.165, 1.54) is 18.5 Å². The Morgan fingerprint density at radius 1 is 0.964 bits per heavy atom. The molecular weight excluding hydrogens is 350 g/mol. The smallest absolute Gasteiger partial charge is 0.253 e. The summed E-state index contributed by atoms with van der Waals surface area (Å²) in [6, 6.07) is 16.4. The van der Waals surface area contributed by atoms with E-state index in [4.69, 9.17) is 4.74 Å². The minimum Gasteiger partial charge on any atom is -0.497 e. The number of anilines is 2. The second kappa shape index (κ2) is 8.55. The first-order valence-electron chi connectivity index (χ1n) is 10.3. The average molecular weight is 380 g/mol. The van der Waals surface area contributed by atoms with E-state index < -0.39 is 0 Å². The molecule has 2 aromatic carbocycles. The number of likely N-dealkylation sites (tertiary alicyclic amines) is 1. The van der Waals surface area contributed by atoms with Crippen molar-refractivity contribution in [3.05, 3.63) is 54.1 Å². The zero-order chi connectivity index (χ0) is 19.3. The van der Waals surface area contributed by atoms with E-state index in [9.17, 15) is 4.79 Å². The van der Waals surface area contributed by atoms with Crippen LogP contribution in [0.2, 0.25) is 0 Å². The standard InChI is InChI=1S/C23H29N3O2/c1-28-22-12-8-19(9-13-22)24-20-5-4-16-26(17-20)23(27)18-6-10-21(11-7-18)25-14-2-3-15-25/h6-13,20,24H,2-5,14-17H2,1H3/t20-/m1/s1. The van der Waals surface area contributed by atoms with Crippen LogP contribution in [0, 0.1) is 0 Å². The summed E-state index contributed by atoms with van der Waals surface area (Å²) in [5, 5.41) is 3.56. The van der Waals surface area contributed by atoms with Crippen LogP contribution in [0.3, 0.4) is 0 Å². The molecule has 0 aliphatic carbocycles. The lowest BCUT2D eigenvalue weighted by atomic mass is 10.0. The number of hydrogen-bond donors (Lipinski definition) is 1. The first-order chi connectivity index (χ1) is 13.7. The van der Waals surface area contributed by atoms with E-state index in [0.717, 1.165) is 56.0 Å². The van der Waals surface area contributed by atoms with Crippen LogP contribution in [0.5, 0.6) is 5.75 Å². The quantitative estimate of drug-likeness (QED) is 0.852. The SMILES string of the molecule is COc1ccc(N[C@@H]2CCCN(C(=O)c3ccc(N4CCCC4)cc3)C2)cc1. The molecule has 2 aliphatic heterocycles. The number of rotatable bonds is 5. The zero-order valence-electron chi connectivity index (χ0n) is 16.6. The van der Waals surface area contributed by atoms with Crippen LogP contribution in [0.1, 0.15) is 36.0 Å². The van der Waals surface area contributed by atoms with Crippen molar-refractivity contribution in [2.45, 2.75) is 31.7 Å². The van der Waals surface area contributed by atoms with E-state index >= 15 is 0 Å². The van der Waals surface area contributed by atoms with Crippen molar-refractivity contribution in [2.24, 2.45) is 0 Å². The molecule has 1 N–H and O–H groups in total. The van der Waals surface area contributed by atoms with Crippen molar-refractivity contribution in [3.8, 4) is 5.75 Å². The van der Waals surface area contributed by atoms with Gasteiger partial charge in [-0.25, -0.2) is 0 Å². The van der Waals surface area contributed by atoms with Crippen LogP contribution in [0.4, 0.5) is 11.4 Å². The van der Waals surface area contributed by atoms with Gasteiger partial charge in [0.25, 0.3) is 5.91 Å². The first-order valence-corrected chi connectivity index (χ1v) is 10.3. The molecule has 2 aliphatic rings. The molecule has 2 heterocycles. The van der Waals surface area contributed by atoms with Gasteiger partial charge in [0.05, 0.1) is 7.11 Å². The summed E-state index contributed by atoms with van der Waals surface area (Å²) in [6.45, 7) is 3.81. The highest BCUT2D eigenvalue weighted by Gasteiger charge is 2.24. The van der Waals surface area contributed by atoms with E-state index in [0.29, 0.717) is 0 Å². The van der Waals surface area contributed by atoms with Crippen LogP contribution in [-0.2, 0) is 0 Å². The average Bonchev–Trinajstić information content (AvgIpc) is 3.29. The molecule has 1 amide bonds. The summed E-state index contributed by atoms with van der Waals surface area (Å²) >= 11 is 0. The minimum absolute atomic E-state index is 0.134. The van der Waals surface area contributed by atoms with Gasteiger partial charge in [-0.2, -0.15) is 0 Å². The highest BCUT2D eigenvalue weighted by atomic mass is 16.5. The minimum atomic E-state index is 0.134. The van der Waals surface area contributed by atoms with E-state index in [2.05, 4.69) is 22.3 Å². The topological polar surface area (TPSA) is 44.8 Å². The zero-order valence-corrected chi connectivity index (χ0v) is 16.6. The molecule has 2 saturated heterocycles. The van der Waals surface area contributed by atoms with Gasteiger partial charge in [0.2, 0.25) is 0 Å². The Morgan fingerprint density at radius 3 is 2.36 bits per heavy atom. The van der Waals surface area contributed by atoms with Crippen LogP contribution < -0.4 is 15.0 Å². The summed E-state index contributed by atoms with van der Waals surface area (Å²) in [5.41, 5.74) is 3.08. The first kappa shape index (κ1) is 18.7. The third-order valence-electron chi connectivity index (χ3n) is 5.75. The molecule has 0 radical (unpaired) electrons. The van der Waals surface area contributed by atoms with Crippen molar-refractivity contribution in [1.82, 2.24) is 4.90 Å². The highest BCUT2D eigenvalue weighted by Crippen LogP contribution is 2.23. The lowest BCUT2D eigenvalue weighted by Crippen LogP contribution is -2.45. The molecule has 0 aromatic heterocycles. The highest BCUT2D eigenvalue weighted by molar-refractivity contribution is 5.94. The third-order valence-corrected chi connectivity index (χ3v) is 5.75. The predicted molar refractivity (Wildman–Crippen MR) is 113 cm³/mol.